The van der Waals surface area contributed by atoms with Crippen molar-refractivity contribution in [2.75, 3.05) is 5.73 Å². The van der Waals surface area contributed by atoms with Gasteiger partial charge in [-0.15, -0.1) is 0 Å². The van der Waals surface area contributed by atoms with Crippen LogP contribution in [0.2, 0.25) is 0 Å². The van der Waals surface area contributed by atoms with Gasteiger partial charge in [-0.2, -0.15) is 8.42 Å². The molecule has 2 heterocycles. The molecule has 0 saturated heterocycles. The number of rotatable bonds is 7. The third kappa shape index (κ3) is 5.84. The van der Waals surface area contributed by atoms with Gasteiger partial charge in [0.05, 0.1) is 5.69 Å². The topological polar surface area (TPSA) is 124 Å². The first-order valence-electron chi connectivity index (χ1n) is 12.1. The van der Waals surface area contributed by atoms with Crippen molar-refractivity contribution in [1.82, 2.24) is 14.7 Å². The zero-order valence-electron chi connectivity index (χ0n) is 21.9. The minimum Gasteiger partial charge on any atom is -0.438 e. The number of nitrogens with zero attached hydrogens (tertiary/aromatic N) is 2. The summed E-state index contributed by atoms with van der Waals surface area (Å²) in [6.07, 6.45) is 0. The molecule has 2 aromatic heterocycles. The van der Waals surface area contributed by atoms with Gasteiger partial charge in [0.25, 0.3) is 15.9 Å². The number of carbonyl (C=O) groups excluding carboxylic acids is 1. The number of pyridine rings is 2. The van der Waals surface area contributed by atoms with E-state index in [0.717, 1.165) is 22.3 Å². The van der Waals surface area contributed by atoms with Crippen LogP contribution < -0.4 is 15.2 Å². The lowest BCUT2D eigenvalue weighted by Crippen LogP contribution is -2.31. The molecule has 0 fully saturated rings. The number of amides is 1. The molecule has 0 spiro atoms. The molecule has 196 valence electrons. The van der Waals surface area contributed by atoms with Gasteiger partial charge >= 0.3 is 0 Å². The molecule has 0 radical (unpaired) electrons. The highest BCUT2D eigenvalue weighted by Crippen LogP contribution is 2.33. The molecule has 0 saturated carbocycles. The molecule has 0 aliphatic carbocycles. The number of aromatic nitrogens is 2. The second-order valence-corrected chi connectivity index (χ2v) is 11.1. The molecule has 0 atom stereocenters. The largest absolute Gasteiger partial charge is 0.438 e. The van der Waals surface area contributed by atoms with Crippen LogP contribution in [0.5, 0.6) is 11.6 Å². The third-order valence-corrected chi connectivity index (χ3v) is 7.26. The number of ether oxygens (including phenoxy) is 1. The number of nitrogens with one attached hydrogen (secondary N) is 1. The Balaban J connectivity index is 1.77. The lowest BCUT2D eigenvalue weighted by atomic mass is 10.0. The normalized spacial score (nSPS) is 11.4. The van der Waals surface area contributed by atoms with Gasteiger partial charge in [0.15, 0.2) is 5.03 Å². The summed E-state index contributed by atoms with van der Waals surface area (Å²) in [5.74, 6) is 0.0272. The van der Waals surface area contributed by atoms with E-state index in [0.29, 0.717) is 17.4 Å². The fourth-order valence-corrected chi connectivity index (χ4v) is 5.07. The number of carbonyl (C=O) groups is 1. The Morgan fingerprint density at radius 2 is 1.58 bits per heavy atom. The van der Waals surface area contributed by atoms with E-state index >= 15 is 0 Å². The minimum atomic E-state index is -4.29. The predicted octanol–water partition coefficient (Wildman–Crippen LogP) is 5.69. The van der Waals surface area contributed by atoms with Crippen LogP contribution in [0.25, 0.3) is 11.3 Å². The zero-order valence-corrected chi connectivity index (χ0v) is 22.8. The van der Waals surface area contributed by atoms with Crippen LogP contribution in [0.4, 0.5) is 5.82 Å². The van der Waals surface area contributed by atoms with Gasteiger partial charge in [-0.25, -0.2) is 14.7 Å². The number of hydrogen-bond acceptors (Lipinski definition) is 7. The molecule has 2 aromatic carbocycles. The van der Waals surface area contributed by atoms with Gasteiger partial charge in [0, 0.05) is 5.56 Å². The lowest BCUT2D eigenvalue weighted by Gasteiger charge is -2.16. The number of hydrogen-bond donors (Lipinski definition) is 2. The van der Waals surface area contributed by atoms with Crippen LogP contribution >= 0.6 is 0 Å². The van der Waals surface area contributed by atoms with E-state index in [9.17, 15) is 13.2 Å². The predicted molar refractivity (Wildman–Crippen MR) is 148 cm³/mol. The average Bonchev–Trinajstić information content (AvgIpc) is 2.86. The zero-order chi connectivity index (χ0) is 27.6. The summed E-state index contributed by atoms with van der Waals surface area (Å²) in [7, 11) is -4.29. The second kappa shape index (κ2) is 10.6. The van der Waals surface area contributed by atoms with Crippen LogP contribution in [-0.2, 0) is 10.0 Å². The summed E-state index contributed by atoms with van der Waals surface area (Å²) < 4.78 is 34.0. The molecular weight excluding hydrogens is 500 g/mol. The number of nitrogen functional groups attached to an aromatic ring is 1. The Labute approximate surface area is 223 Å². The number of benzene rings is 2. The Hall–Kier alpha value is -4.24. The molecular formula is C29H30N4O4S. The minimum absolute atomic E-state index is 0.0151. The van der Waals surface area contributed by atoms with Crippen LogP contribution in [-0.4, -0.2) is 24.3 Å². The fourth-order valence-electron chi connectivity index (χ4n) is 4.12. The molecule has 0 aliphatic rings. The summed E-state index contributed by atoms with van der Waals surface area (Å²) in [5, 5.41) is -0.367. The summed E-state index contributed by atoms with van der Waals surface area (Å²) >= 11 is 0. The lowest BCUT2D eigenvalue weighted by molar-refractivity contribution is 0.0978. The number of aryl methyl sites for hydroxylation is 3. The highest BCUT2D eigenvalue weighted by molar-refractivity contribution is 7.90. The Morgan fingerprint density at radius 1 is 0.921 bits per heavy atom. The van der Waals surface area contributed by atoms with E-state index in [1.165, 1.54) is 29.8 Å². The van der Waals surface area contributed by atoms with Crippen molar-refractivity contribution in [3.63, 3.8) is 0 Å². The summed E-state index contributed by atoms with van der Waals surface area (Å²) in [4.78, 5) is 21.7. The standard InChI is InChI=1S/C29H30N4O4S/c1-17(2)21-9-11-22(12-10-21)24-14-13-23(28(34)33-38(35,36)26-8-6-7-25(30)32-26)29(31-24)37-27-19(4)15-18(3)16-20(27)5/h6-17H,1-5H3,(H2,30,32)(H,33,34). The molecule has 8 nitrogen and oxygen atoms in total. The van der Waals surface area contributed by atoms with Crippen molar-refractivity contribution in [2.24, 2.45) is 0 Å². The van der Waals surface area contributed by atoms with Crippen molar-refractivity contribution in [3.05, 3.63) is 94.5 Å². The summed E-state index contributed by atoms with van der Waals surface area (Å²) in [6, 6.07) is 19.2. The molecule has 0 bridgehead atoms. The third-order valence-electron chi connectivity index (χ3n) is 6.03. The molecule has 4 aromatic rings. The van der Waals surface area contributed by atoms with E-state index in [2.05, 4.69) is 28.5 Å². The van der Waals surface area contributed by atoms with Gasteiger partial charge in [-0.3, -0.25) is 4.79 Å². The van der Waals surface area contributed by atoms with E-state index in [1.54, 1.807) is 6.07 Å². The highest BCUT2D eigenvalue weighted by atomic mass is 32.2. The van der Waals surface area contributed by atoms with E-state index in [4.69, 9.17) is 10.5 Å². The maximum atomic E-state index is 13.3. The van der Waals surface area contributed by atoms with Crippen LogP contribution in [0.15, 0.2) is 71.8 Å². The molecule has 0 unspecified atom stereocenters. The van der Waals surface area contributed by atoms with Gasteiger partial charge in [-0.05, 0) is 67.6 Å². The number of nitrogens with two attached hydrogens (primary N) is 1. The number of sulfonamides is 1. The Bertz CT molecular complexity index is 1590. The van der Waals surface area contributed by atoms with Crippen molar-refractivity contribution < 1.29 is 17.9 Å². The van der Waals surface area contributed by atoms with Crippen LogP contribution in [0.1, 0.15) is 52.4 Å². The summed E-state index contributed by atoms with van der Waals surface area (Å²) in [5.41, 5.74) is 11.0. The van der Waals surface area contributed by atoms with E-state index < -0.39 is 15.9 Å². The smallest absolute Gasteiger partial charge is 0.281 e. The summed E-state index contributed by atoms with van der Waals surface area (Å²) in [6.45, 7) is 10.0. The van der Waals surface area contributed by atoms with Gasteiger partial charge in [-0.1, -0.05) is 61.9 Å². The van der Waals surface area contributed by atoms with E-state index in [1.807, 2.05) is 57.2 Å². The van der Waals surface area contributed by atoms with Gasteiger partial charge < -0.3 is 10.5 Å². The SMILES string of the molecule is Cc1cc(C)c(Oc2nc(-c3ccc(C(C)C)cc3)ccc2C(=O)NS(=O)(=O)c2cccc(N)n2)c(C)c1. The van der Waals surface area contributed by atoms with Crippen LogP contribution in [0, 0.1) is 20.8 Å². The van der Waals surface area contributed by atoms with Crippen molar-refractivity contribution in [2.45, 2.75) is 45.6 Å². The van der Waals surface area contributed by atoms with Crippen molar-refractivity contribution in [3.8, 4) is 22.9 Å². The number of anilines is 1. The first-order valence-corrected chi connectivity index (χ1v) is 13.6. The average molecular weight is 531 g/mol. The monoisotopic (exact) mass is 530 g/mol. The molecule has 1 amide bonds. The molecule has 9 heteroatoms. The fraction of sp³-hybridized carbons (Fsp3) is 0.207. The first kappa shape index (κ1) is 26.8. The maximum absolute atomic E-state index is 13.3. The molecule has 38 heavy (non-hydrogen) atoms. The molecule has 0 aliphatic heterocycles. The quantitative estimate of drug-likeness (QED) is 0.315. The van der Waals surface area contributed by atoms with E-state index in [-0.39, 0.29) is 22.3 Å². The highest BCUT2D eigenvalue weighted by Gasteiger charge is 2.25. The maximum Gasteiger partial charge on any atom is 0.281 e. The van der Waals surface area contributed by atoms with Gasteiger partial charge in [0.2, 0.25) is 5.88 Å². The second-order valence-electron chi connectivity index (χ2n) is 9.49. The van der Waals surface area contributed by atoms with Crippen molar-refractivity contribution in [1.29, 1.82) is 0 Å². The van der Waals surface area contributed by atoms with Gasteiger partial charge in [0.1, 0.15) is 17.1 Å². The Kier molecular flexibility index (Phi) is 7.50. The Morgan fingerprint density at radius 3 is 2.18 bits per heavy atom. The van der Waals surface area contributed by atoms with Crippen LogP contribution in [0.3, 0.4) is 0 Å². The molecule has 3 N–H and O–H groups in total. The first-order chi connectivity index (χ1) is 17.9. The van der Waals surface area contributed by atoms with Crippen molar-refractivity contribution >= 4 is 21.7 Å². The molecule has 4 rings (SSSR count).